The third-order valence-electron chi connectivity index (χ3n) is 3.30. The van der Waals surface area contributed by atoms with Crippen LogP contribution in [0.5, 0.6) is 5.75 Å². The van der Waals surface area contributed by atoms with Gasteiger partial charge in [-0.1, -0.05) is 30.1 Å². The minimum Gasteiger partial charge on any atom is -0.491 e. The number of nitrogens with two attached hydrogens (primary N) is 1. The number of carboxylic acids is 1. The van der Waals surface area contributed by atoms with Gasteiger partial charge in [-0.05, 0) is 42.5 Å². The van der Waals surface area contributed by atoms with Crippen molar-refractivity contribution < 1.29 is 34.0 Å². The van der Waals surface area contributed by atoms with Crippen molar-refractivity contribution in [1.29, 1.82) is 0 Å². The Hall–Kier alpha value is -2.96. The molecule has 0 aromatic heterocycles. The summed E-state index contributed by atoms with van der Waals surface area (Å²) in [7, 11) is 0. The summed E-state index contributed by atoms with van der Waals surface area (Å²) in [4.78, 5) is 10.3. The molecule has 0 saturated carbocycles. The van der Waals surface area contributed by atoms with Crippen LogP contribution in [0.3, 0.4) is 0 Å². The number of carbonyl (C=O) groups is 1. The lowest BCUT2D eigenvalue weighted by atomic mass is 10.1. The van der Waals surface area contributed by atoms with Gasteiger partial charge in [0.2, 0.25) is 0 Å². The summed E-state index contributed by atoms with van der Waals surface area (Å²) in [5.74, 6) is 4.39. The van der Waals surface area contributed by atoms with Gasteiger partial charge in [-0.2, -0.15) is 0 Å². The summed E-state index contributed by atoms with van der Waals surface area (Å²) in [6.07, 6.45) is 7.33. The number of ether oxygens (including phenoxy) is 2. The van der Waals surface area contributed by atoms with Crippen molar-refractivity contribution in [3.8, 4) is 17.6 Å². The highest BCUT2D eigenvalue weighted by atomic mass is 19.1. The van der Waals surface area contributed by atoms with Gasteiger partial charge in [0.15, 0.2) is 0 Å². The van der Waals surface area contributed by atoms with Crippen LogP contribution in [0.15, 0.2) is 60.7 Å². The molecule has 0 fully saturated rings. The molecule has 0 aliphatic rings. The van der Waals surface area contributed by atoms with Crippen molar-refractivity contribution in [3.05, 3.63) is 66.5 Å². The normalized spacial score (nSPS) is 14.6. The van der Waals surface area contributed by atoms with Crippen LogP contribution < -0.4 is 10.5 Å². The first-order valence-electron chi connectivity index (χ1n) is 8.69. The number of benzene rings is 1. The molecule has 156 valence electrons. The molecule has 0 aliphatic carbocycles. The third kappa shape index (κ3) is 12.2. The Morgan fingerprint density at radius 3 is 2.48 bits per heavy atom. The minimum absolute atomic E-state index is 0.0127. The molecule has 0 heterocycles. The lowest BCUT2D eigenvalue weighted by Crippen LogP contribution is -2.36. The van der Waals surface area contributed by atoms with E-state index in [1.54, 1.807) is 18.2 Å². The summed E-state index contributed by atoms with van der Waals surface area (Å²) in [5.41, 5.74) is 5.70. The number of rotatable bonds is 11. The molecular weight excluding hydrogens is 381 g/mol. The van der Waals surface area contributed by atoms with Crippen LogP contribution in [-0.2, 0) is 9.53 Å². The molecular formula is C21H24FNO6. The minimum atomic E-state index is -1.12. The lowest BCUT2D eigenvalue weighted by Gasteiger charge is -2.14. The van der Waals surface area contributed by atoms with Crippen LogP contribution >= 0.6 is 0 Å². The zero-order valence-electron chi connectivity index (χ0n) is 15.6. The van der Waals surface area contributed by atoms with Crippen LogP contribution in [0, 0.1) is 17.7 Å². The van der Waals surface area contributed by atoms with Crippen LogP contribution in [-0.4, -0.2) is 59.4 Å². The first kappa shape index (κ1) is 24.1. The van der Waals surface area contributed by atoms with E-state index < -0.39 is 30.8 Å². The average molecular weight is 405 g/mol. The number of allylic oxidation sites excluding steroid dienone is 4. The standard InChI is InChI=1S/C21H24FNO6/c22-16-9-11-18(12-10-16)29-13-17(24)7-5-3-1-2-4-6-8-19(23)20(25)14-28-15-21(26)27/h2,4-12,17,19-20,24-25H,13-15,23H2,(H,26,27)/b4-2+,7-5+,8-6+/t17-,19+,20+/m0/s1. The van der Waals surface area contributed by atoms with Gasteiger partial charge in [0.25, 0.3) is 0 Å². The molecule has 0 saturated heterocycles. The molecule has 1 aromatic carbocycles. The van der Waals surface area contributed by atoms with Gasteiger partial charge in [-0.3, -0.25) is 0 Å². The van der Waals surface area contributed by atoms with Gasteiger partial charge >= 0.3 is 5.97 Å². The zero-order chi connectivity index (χ0) is 21.5. The fraction of sp³-hybridized carbons (Fsp3) is 0.286. The summed E-state index contributed by atoms with van der Waals surface area (Å²) in [5, 5.41) is 27.9. The van der Waals surface area contributed by atoms with E-state index in [-0.39, 0.29) is 19.0 Å². The van der Waals surface area contributed by atoms with Crippen LogP contribution in [0.25, 0.3) is 0 Å². The van der Waals surface area contributed by atoms with Crippen molar-refractivity contribution in [2.24, 2.45) is 5.73 Å². The number of aliphatic hydroxyl groups is 2. The summed E-state index contributed by atoms with van der Waals surface area (Å²) in [6, 6.07) is 4.77. The fourth-order valence-electron chi connectivity index (χ4n) is 1.83. The van der Waals surface area contributed by atoms with E-state index in [0.717, 1.165) is 0 Å². The Balaban J connectivity index is 2.27. The Kier molecular flexibility index (Phi) is 11.7. The summed E-state index contributed by atoms with van der Waals surface area (Å²) in [6.45, 7) is -0.665. The molecule has 1 rings (SSSR count). The van der Waals surface area contributed by atoms with E-state index in [0.29, 0.717) is 5.75 Å². The molecule has 0 amide bonds. The van der Waals surface area contributed by atoms with Gasteiger partial charge in [0.1, 0.15) is 30.9 Å². The predicted molar refractivity (Wildman–Crippen MR) is 106 cm³/mol. The third-order valence-corrected chi connectivity index (χ3v) is 3.30. The smallest absolute Gasteiger partial charge is 0.329 e. The quantitative estimate of drug-likeness (QED) is 0.320. The molecule has 5 N–H and O–H groups in total. The van der Waals surface area contributed by atoms with Gasteiger partial charge in [-0.25, -0.2) is 9.18 Å². The topological polar surface area (TPSA) is 122 Å². The van der Waals surface area contributed by atoms with Crippen LogP contribution in [0.4, 0.5) is 4.39 Å². The second kappa shape index (κ2) is 14.1. The van der Waals surface area contributed by atoms with E-state index in [1.165, 1.54) is 42.5 Å². The maximum Gasteiger partial charge on any atom is 0.329 e. The number of aliphatic carboxylic acids is 1. The van der Waals surface area contributed by atoms with Crippen LogP contribution in [0.1, 0.15) is 0 Å². The number of aliphatic hydroxyl groups excluding tert-OH is 2. The second-order valence-electron chi connectivity index (χ2n) is 5.78. The number of hydrogen-bond donors (Lipinski definition) is 4. The monoisotopic (exact) mass is 405 g/mol. The molecule has 1 aromatic rings. The molecule has 8 heteroatoms. The first-order chi connectivity index (χ1) is 13.9. The van der Waals surface area contributed by atoms with E-state index >= 15 is 0 Å². The Bertz CT molecular complexity index is 764. The highest BCUT2D eigenvalue weighted by Crippen LogP contribution is 2.11. The van der Waals surface area contributed by atoms with Gasteiger partial charge in [0.05, 0.1) is 18.8 Å². The number of carboxylic acid groups (broad SMARTS) is 1. The van der Waals surface area contributed by atoms with E-state index in [4.69, 9.17) is 20.3 Å². The Labute approximate surface area is 168 Å². The van der Waals surface area contributed by atoms with E-state index in [9.17, 15) is 19.4 Å². The highest BCUT2D eigenvalue weighted by Gasteiger charge is 2.12. The molecule has 0 aliphatic heterocycles. The first-order valence-corrected chi connectivity index (χ1v) is 8.69. The molecule has 0 bridgehead atoms. The van der Waals surface area contributed by atoms with Crippen molar-refractivity contribution in [1.82, 2.24) is 0 Å². The van der Waals surface area contributed by atoms with Crippen molar-refractivity contribution in [2.45, 2.75) is 18.2 Å². The molecule has 29 heavy (non-hydrogen) atoms. The maximum atomic E-state index is 12.8. The Morgan fingerprint density at radius 2 is 1.79 bits per heavy atom. The lowest BCUT2D eigenvalue weighted by molar-refractivity contribution is -0.143. The zero-order valence-corrected chi connectivity index (χ0v) is 15.6. The summed E-state index contributed by atoms with van der Waals surface area (Å²) >= 11 is 0. The molecule has 3 atom stereocenters. The van der Waals surface area contributed by atoms with Crippen molar-refractivity contribution >= 4 is 5.97 Å². The fourth-order valence-corrected chi connectivity index (χ4v) is 1.83. The summed E-state index contributed by atoms with van der Waals surface area (Å²) < 4.78 is 22.8. The van der Waals surface area contributed by atoms with E-state index in [2.05, 4.69) is 11.8 Å². The van der Waals surface area contributed by atoms with Crippen molar-refractivity contribution in [3.63, 3.8) is 0 Å². The molecule has 0 unspecified atom stereocenters. The predicted octanol–water partition coefficient (Wildman–Crippen LogP) is 1.03. The SMILES string of the molecule is N[C@H](/C=C/C=C/C#C/C=C/[C@H](O)COc1ccc(F)cc1)[C@H](O)COCC(=O)O. The number of hydrogen-bond acceptors (Lipinski definition) is 6. The van der Waals surface area contributed by atoms with Crippen molar-refractivity contribution in [2.75, 3.05) is 19.8 Å². The molecule has 0 spiro atoms. The Morgan fingerprint density at radius 1 is 1.10 bits per heavy atom. The average Bonchev–Trinajstić information content (AvgIpc) is 2.69. The maximum absolute atomic E-state index is 12.8. The molecule has 0 radical (unpaired) electrons. The number of halogens is 1. The largest absolute Gasteiger partial charge is 0.491 e. The van der Waals surface area contributed by atoms with Gasteiger partial charge in [-0.15, -0.1) is 0 Å². The van der Waals surface area contributed by atoms with Gasteiger partial charge < -0.3 is 30.5 Å². The van der Waals surface area contributed by atoms with E-state index in [1.807, 2.05) is 0 Å². The van der Waals surface area contributed by atoms with Gasteiger partial charge in [0, 0.05) is 0 Å². The second-order valence-corrected chi connectivity index (χ2v) is 5.78. The highest BCUT2D eigenvalue weighted by molar-refractivity contribution is 5.67. The van der Waals surface area contributed by atoms with Crippen LogP contribution in [0.2, 0.25) is 0 Å². The molecule has 7 nitrogen and oxygen atoms in total.